The van der Waals surface area contributed by atoms with E-state index >= 15 is 0 Å². The predicted molar refractivity (Wildman–Crippen MR) is 75.0 cm³/mol. The minimum absolute atomic E-state index is 0.179. The van der Waals surface area contributed by atoms with Crippen LogP contribution in [0.5, 0.6) is 11.5 Å². The largest absolute Gasteiger partial charge is 0.493 e. The van der Waals surface area contributed by atoms with Gasteiger partial charge in [0.05, 0.1) is 27.9 Å². The Morgan fingerprint density at radius 3 is 2.37 bits per heavy atom. The van der Waals surface area contributed by atoms with Gasteiger partial charge in [0, 0.05) is 11.4 Å². The molecule has 0 aliphatic heterocycles. The maximum Gasteiger partial charge on any atom is 0.319 e. The van der Waals surface area contributed by atoms with Gasteiger partial charge in [-0.2, -0.15) is 0 Å². The van der Waals surface area contributed by atoms with Crippen molar-refractivity contribution in [3.8, 4) is 11.5 Å². The lowest BCUT2D eigenvalue weighted by Gasteiger charge is -2.14. The number of benzene rings is 1. The van der Waals surface area contributed by atoms with Gasteiger partial charge in [-0.05, 0) is 24.0 Å². The minimum Gasteiger partial charge on any atom is -0.493 e. The van der Waals surface area contributed by atoms with Gasteiger partial charge in [-0.1, -0.05) is 0 Å². The third kappa shape index (κ3) is 4.33. The van der Waals surface area contributed by atoms with Crippen LogP contribution >= 0.6 is 11.8 Å². The molecule has 0 atom stereocenters. The lowest BCUT2D eigenvalue weighted by molar-refractivity contribution is -0.139. The number of ether oxygens (including phenoxy) is 3. The molecule has 0 saturated carbocycles. The molecule has 6 heteroatoms. The first-order valence-corrected chi connectivity index (χ1v) is 6.95. The molecule has 1 aromatic rings. The topological polar surface area (TPSA) is 56.8 Å². The van der Waals surface area contributed by atoms with Crippen LogP contribution < -0.4 is 14.8 Å². The molecule has 0 aliphatic carbocycles. The smallest absolute Gasteiger partial charge is 0.319 e. The average molecular weight is 285 g/mol. The predicted octanol–water partition coefficient (Wildman–Crippen LogP) is 1.69. The van der Waals surface area contributed by atoms with Gasteiger partial charge in [0.15, 0.2) is 11.5 Å². The summed E-state index contributed by atoms with van der Waals surface area (Å²) in [5.74, 6) is 1.09. The van der Waals surface area contributed by atoms with E-state index in [9.17, 15) is 4.79 Å². The quantitative estimate of drug-likeness (QED) is 0.608. The SMILES string of the molecule is COC(=O)CNCc1cc(OC)c(OC)cc1SC. The summed E-state index contributed by atoms with van der Waals surface area (Å²) in [5.41, 5.74) is 1.05. The molecular weight excluding hydrogens is 266 g/mol. The zero-order valence-corrected chi connectivity index (χ0v) is 12.4. The zero-order chi connectivity index (χ0) is 14.3. The minimum atomic E-state index is -0.286. The fourth-order valence-electron chi connectivity index (χ4n) is 1.60. The van der Waals surface area contributed by atoms with Crippen molar-refractivity contribution in [3.63, 3.8) is 0 Å². The number of nitrogens with one attached hydrogen (secondary N) is 1. The first-order valence-electron chi connectivity index (χ1n) is 5.72. The van der Waals surface area contributed by atoms with E-state index in [-0.39, 0.29) is 12.5 Å². The molecule has 0 fully saturated rings. The van der Waals surface area contributed by atoms with E-state index in [1.807, 2.05) is 18.4 Å². The normalized spacial score (nSPS) is 10.1. The second kappa shape index (κ2) is 7.91. The first kappa shape index (κ1) is 15.7. The van der Waals surface area contributed by atoms with Crippen molar-refractivity contribution in [3.05, 3.63) is 17.7 Å². The third-order valence-corrected chi connectivity index (χ3v) is 3.42. The molecule has 1 N–H and O–H groups in total. The molecule has 0 saturated heterocycles. The van der Waals surface area contributed by atoms with Crippen LogP contribution in [0.25, 0.3) is 0 Å². The summed E-state index contributed by atoms with van der Waals surface area (Å²) in [7, 11) is 4.58. The number of carbonyl (C=O) groups is 1. The Hall–Kier alpha value is -1.40. The fraction of sp³-hybridized carbons (Fsp3) is 0.462. The first-order chi connectivity index (χ1) is 9.15. The lowest BCUT2D eigenvalue weighted by atomic mass is 10.2. The summed E-state index contributed by atoms with van der Waals surface area (Å²) >= 11 is 1.62. The van der Waals surface area contributed by atoms with Crippen LogP contribution in [0.3, 0.4) is 0 Å². The van der Waals surface area contributed by atoms with Crippen LogP contribution in [0.1, 0.15) is 5.56 Å². The molecule has 0 unspecified atom stereocenters. The number of carbonyl (C=O) groups excluding carboxylic acids is 1. The van der Waals surface area contributed by atoms with Crippen LogP contribution in [0, 0.1) is 0 Å². The van der Waals surface area contributed by atoms with Crippen LogP contribution in [0.2, 0.25) is 0 Å². The summed E-state index contributed by atoms with van der Waals surface area (Å²) in [6.45, 7) is 0.740. The molecule has 106 valence electrons. The number of hydrogen-bond donors (Lipinski definition) is 1. The molecule has 0 aromatic heterocycles. The van der Waals surface area contributed by atoms with E-state index in [2.05, 4.69) is 10.1 Å². The molecule has 0 amide bonds. The number of esters is 1. The van der Waals surface area contributed by atoms with Gasteiger partial charge in [-0.25, -0.2) is 0 Å². The summed E-state index contributed by atoms with van der Waals surface area (Å²) in [6.07, 6.45) is 1.99. The standard InChI is InChI=1S/C13H19NO4S/c1-16-10-5-9(7-14-8-13(15)18-3)12(19-4)6-11(10)17-2/h5-6,14H,7-8H2,1-4H3. The number of methoxy groups -OCH3 is 3. The van der Waals surface area contributed by atoms with Crippen molar-refractivity contribution in [2.75, 3.05) is 34.1 Å². The summed E-state index contributed by atoms with van der Waals surface area (Å²) in [6, 6.07) is 3.84. The van der Waals surface area contributed by atoms with E-state index < -0.39 is 0 Å². The summed E-state index contributed by atoms with van der Waals surface area (Å²) in [5, 5.41) is 3.03. The van der Waals surface area contributed by atoms with Gasteiger partial charge >= 0.3 is 5.97 Å². The van der Waals surface area contributed by atoms with Crippen LogP contribution in [0.4, 0.5) is 0 Å². The van der Waals surface area contributed by atoms with Crippen molar-refractivity contribution in [1.82, 2.24) is 5.32 Å². The van der Waals surface area contributed by atoms with Crippen molar-refractivity contribution < 1.29 is 19.0 Å². The molecule has 0 bridgehead atoms. The second-order valence-electron chi connectivity index (χ2n) is 3.70. The average Bonchev–Trinajstić information content (AvgIpc) is 2.46. The maximum atomic E-state index is 11.0. The molecule has 1 rings (SSSR count). The highest BCUT2D eigenvalue weighted by molar-refractivity contribution is 7.98. The highest BCUT2D eigenvalue weighted by atomic mass is 32.2. The highest BCUT2D eigenvalue weighted by Gasteiger charge is 2.11. The molecule has 0 radical (unpaired) electrons. The Labute approximate surface area is 117 Å². The Morgan fingerprint density at radius 2 is 1.84 bits per heavy atom. The van der Waals surface area contributed by atoms with Gasteiger partial charge < -0.3 is 19.5 Å². The fourth-order valence-corrected chi connectivity index (χ4v) is 2.22. The molecule has 0 heterocycles. The Bertz CT molecular complexity index is 437. The molecule has 19 heavy (non-hydrogen) atoms. The van der Waals surface area contributed by atoms with Crippen molar-refractivity contribution in [2.24, 2.45) is 0 Å². The van der Waals surface area contributed by atoms with Gasteiger partial charge in [0.25, 0.3) is 0 Å². The highest BCUT2D eigenvalue weighted by Crippen LogP contribution is 2.34. The molecule has 5 nitrogen and oxygen atoms in total. The Balaban J connectivity index is 2.83. The van der Waals surface area contributed by atoms with E-state index in [1.54, 1.807) is 26.0 Å². The van der Waals surface area contributed by atoms with E-state index in [4.69, 9.17) is 9.47 Å². The maximum absolute atomic E-state index is 11.0. The van der Waals surface area contributed by atoms with Crippen molar-refractivity contribution in [2.45, 2.75) is 11.4 Å². The van der Waals surface area contributed by atoms with Crippen molar-refractivity contribution >= 4 is 17.7 Å². The number of thioether (sulfide) groups is 1. The Morgan fingerprint density at radius 1 is 1.21 bits per heavy atom. The van der Waals surface area contributed by atoms with E-state index in [1.165, 1.54) is 7.11 Å². The third-order valence-electron chi connectivity index (χ3n) is 2.60. The van der Waals surface area contributed by atoms with Gasteiger partial charge in [-0.15, -0.1) is 11.8 Å². The van der Waals surface area contributed by atoms with E-state index in [0.717, 1.165) is 10.5 Å². The van der Waals surface area contributed by atoms with Crippen LogP contribution in [0.15, 0.2) is 17.0 Å². The summed E-state index contributed by atoms with van der Waals surface area (Å²) < 4.78 is 15.1. The summed E-state index contributed by atoms with van der Waals surface area (Å²) in [4.78, 5) is 12.1. The lowest BCUT2D eigenvalue weighted by Crippen LogP contribution is -2.23. The van der Waals surface area contributed by atoms with E-state index in [0.29, 0.717) is 18.0 Å². The molecule has 1 aromatic carbocycles. The van der Waals surface area contributed by atoms with Gasteiger partial charge in [0.1, 0.15) is 0 Å². The van der Waals surface area contributed by atoms with Crippen LogP contribution in [-0.4, -0.2) is 40.1 Å². The molecule has 0 aliphatic rings. The second-order valence-corrected chi connectivity index (χ2v) is 4.55. The molecular formula is C13H19NO4S. The Kier molecular flexibility index (Phi) is 6.52. The number of rotatable bonds is 7. The van der Waals surface area contributed by atoms with Crippen molar-refractivity contribution in [1.29, 1.82) is 0 Å². The number of hydrogen-bond acceptors (Lipinski definition) is 6. The van der Waals surface area contributed by atoms with Gasteiger partial charge in [0.2, 0.25) is 0 Å². The molecule has 0 spiro atoms. The van der Waals surface area contributed by atoms with Crippen LogP contribution in [-0.2, 0) is 16.1 Å². The zero-order valence-electron chi connectivity index (χ0n) is 11.6. The van der Waals surface area contributed by atoms with Gasteiger partial charge in [-0.3, -0.25) is 4.79 Å². The monoisotopic (exact) mass is 285 g/mol.